The summed E-state index contributed by atoms with van der Waals surface area (Å²) in [4.78, 5) is 13.5. The van der Waals surface area contributed by atoms with Crippen molar-refractivity contribution in [1.82, 2.24) is 34.2 Å². The van der Waals surface area contributed by atoms with Gasteiger partial charge < -0.3 is 0 Å². The zero-order valence-electron chi connectivity index (χ0n) is 12.7. The number of fused-ring (bicyclic) bond motifs is 4. The minimum absolute atomic E-state index is 0.695. The maximum atomic E-state index is 4.66. The van der Waals surface area contributed by atoms with Crippen LogP contribution in [0.3, 0.4) is 0 Å². The summed E-state index contributed by atoms with van der Waals surface area (Å²) in [6.45, 7) is 0. The Morgan fingerprint density at radius 3 is 2.58 bits per heavy atom. The Balaban J connectivity index is 1.47. The first-order valence-electron chi connectivity index (χ1n) is 7.76. The first-order chi connectivity index (χ1) is 11.9. The van der Waals surface area contributed by atoms with Gasteiger partial charge in [-0.25, -0.2) is 19.0 Å². The summed E-state index contributed by atoms with van der Waals surface area (Å²) in [6.07, 6.45) is 6.97. The van der Waals surface area contributed by atoms with Gasteiger partial charge in [-0.2, -0.15) is 10.2 Å². The lowest BCUT2D eigenvalue weighted by molar-refractivity contribution is 0.789. The van der Waals surface area contributed by atoms with Crippen LogP contribution in [-0.4, -0.2) is 34.2 Å². The van der Waals surface area contributed by atoms with Crippen molar-refractivity contribution in [3.05, 3.63) is 66.6 Å². The van der Waals surface area contributed by atoms with Crippen LogP contribution in [0.25, 0.3) is 22.2 Å². The van der Waals surface area contributed by atoms with Crippen LogP contribution in [0, 0.1) is 0 Å². The molecule has 0 saturated heterocycles. The van der Waals surface area contributed by atoms with Crippen molar-refractivity contribution in [3.63, 3.8) is 0 Å². The van der Waals surface area contributed by atoms with Crippen LogP contribution in [0.2, 0.25) is 0 Å². The highest BCUT2D eigenvalue weighted by atomic mass is 15.3. The fourth-order valence-corrected chi connectivity index (χ4v) is 2.85. The normalized spacial score (nSPS) is 11.7. The van der Waals surface area contributed by atoms with Crippen LogP contribution in [0.4, 0.5) is 0 Å². The molecular weight excluding hydrogens is 302 g/mol. The van der Waals surface area contributed by atoms with E-state index in [1.165, 1.54) is 0 Å². The quantitative estimate of drug-likeness (QED) is 0.510. The van der Waals surface area contributed by atoms with E-state index in [0.29, 0.717) is 12.8 Å². The van der Waals surface area contributed by atoms with Crippen LogP contribution in [0.1, 0.15) is 11.6 Å². The molecule has 0 bridgehead atoms. The maximum Gasteiger partial charge on any atom is 0.164 e. The number of pyridine rings is 3. The molecule has 7 nitrogen and oxygen atoms in total. The molecule has 116 valence electrons. The average Bonchev–Trinajstić information content (AvgIpc) is 3.23. The Kier molecular flexibility index (Phi) is 2.78. The van der Waals surface area contributed by atoms with Crippen molar-refractivity contribution >= 4 is 22.2 Å². The second kappa shape index (κ2) is 5.09. The number of aryl methyl sites for hydroxylation is 2. The Hall–Kier alpha value is -3.35. The van der Waals surface area contributed by atoms with Crippen LogP contribution < -0.4 is 0 Å². The molecular formula is C17H13N7. The molecule has 5 aromatic heterocycles. The third-order valence-corrected chi connectivity index (χ3v) is 3.99. The zero-order chi connectivity index (χ0) is 15.9. The SMILES string of the molecule is c1cnc2ccn3nc(CCc4nc5ccccn5n4)nc3c2c1. The van der Waals surface area contributed by atoms with E-state index in [4.69, 9.17) is 0 Å². The molecule has 0 spiro atoms. The summed E-state index contributed by atoms with van der Waals surface area (Å²) in [7, 11) is 0. The second-order valence-corrected chi connectivity index (χ2v) is 5.58. The number of nitrogens with zero attached hydrogens (tertiary/aromatic N) is 7. The van der Waals surface area contributed by atoms with Gasteiger partial charge in [-0.1, -0.05) is 6.07 Å². The molecule has 0 aromatic carbocycles. The smallest absolute Gasteiger partial charge is 0.164 e. The molecule has 24 heavy (non-hydrogen) atoms. The van der Waals surface area contributed by atoms with Crippen molar-refractivity contribution in [2.45, 2.75) is 12.8 Å². The molecule has 5 aromatic rings. The van der Waals surface area contributed by atoms with Gasteiger partial charge in [0.15, 0.2) is 22.9 Å². The molecule has 0 aliphatic carbocycles. The van der Waals surface area contributed by atoms with Gasteiger partial charge in [-0.3, -0.25) is 4.98 Å². The van der Waals surface area contributed by atoms with E-state index < -0.39 is 0 Å². The molecule has 0 atom stereocenters. The van der Waals surface area contributed by atoms with E-state index in [-0.39, 0.29) is 0 Å². The number of hydrogen-bond acceptors (Lipinski definition) is 5. The van der Waals surface area contributed by atoms with Crippen molar-refractivity contribution < 1.29 is 0 Å². The summed E-state index contributed by atoms with van der Waals surface area (Å²) >= 11 is 0. The summed E-state index contributed by atoms with van der Waals surface area (Å²) in [5, 5.41) is 10.0. The van der Waals surface area contributed by atoms with Gasteiger partial charge in [0.1, 0.15) is 0 Å². The van der Waals surface area contributed by atoms with E-state index >= 15 is 0 Å². The molecule has 0 amide bonds. The topological polar surface area (TPSA) is 73.3 Å². The summed E-state index contributed by atoms with van der Waals surface area (Å²) in [5.74, 6) is 1.58. The minimum Gasteiger partial charge on any atom is -0.256 e. The van der Waals surface area contributed by atoms with Crippen LogP contribution in [0.5, 0.6) is 0 Å². The second-order valence-electron chi connectivity index (χ2n) is 5.58. The molecule has 7 heteroatoms. The van der Waals surface area contributed by atoms with Crippen molar-refractivity contribution in [3.8, 4) is 0 Å². The fourth-order valence-electron chi connectivity index (χ4n) is 2.85. The van der Waals surface area contributed by atoms with Gasteiger partial charge in [0.2, 0.25) is 0 Å². The third kappa shape index (κ3) is 2.10. The van der Waals surface area contributed by atoms with Gasteiger partial charge in [-0.05, 0) is 30.3 Å². The fraction of sp³-hybridized carbons (Fsp3) is 0.118. The predicted octanol–water partition coefficient (Wildman–Crippen LogP) is 2.11. The van der Waals surface area contributed by atoms with Crippen molar-refractivity contribution in [2.24, 2.45) is 0 Å². The van der Waals surface area contributed by atoms with Gasteiger partial charge in [0.25, 0.3) is 0 Å². The van der Waals surface area contributed by atoms with Gasteiger partial charge in [0.05, 0.1) is 5.52 Å². The predicted molar refractivity (Wildman–Crippen MR) is 88.7 cm³/mol. The van der Waals surface area contributed by atoms with Gasteiger partial charge >= 0.3 is 0 Å². The lowest BCUT2D eigenvalue weighted by atomic mass is 10.2. The molecule has 0 aliphatic rings. The van der Waals surface area contributed by atoms with Gasteiger partial charge in [-0.15, -0.1) is 0 Å². The molecule has 0 unspecified atom stereocenters. The highest BCUT2D eigenvalue weighted by Gasteiger charge is 2.09. The van der Waals surface area contributed by atoms with E-state index in [0.717, 1.165) is 33.8 Å². The zero-order valence-corrected chi connectivity index (χ0v) is 12.7. The maximum absolute atomic E-state index is 4.66. The van der Waals surface area contributed by atoms with E-state index in [9.17, 15) is 0 Å². The molecule has 0 saturated carbocycles. The lowest BCUT2D eigenvalue weighted by Crippen LogP contribution is -1.96. The molecule has 0 fully saturated rings. The molecule has 5 rings (SSSR count). The average molecular weight is 315 g/mol. The van der Waals surface area contributed by atoms with Crippen molar-refractivity contribution in [2.75, 3.05) is 0 Å². The van der Waals surface area contributed by atoms with E-state index in [1.54, 1.807) is 15.2 Å². The largest absolute Gasteiger partial charge is 0.256 e. The molecule has 5 heterocycles. The summed E-state index contributed by atoms with van der Waals surface area (Å²) in [6, 6.07) is 11.7. The Morgan fingerprint density at radius 2 is 1.67 bits per heavy atom. The first-order valence-corrected chi connectivity index (χ1v) is 7.76. The van der Waals surface area contributed by atoms with Crippen LogP contribution in [-0.2, 0) is 12.8 Å². The Morgan fingerprint density at radius 1 is 0.792 bits per heavy atom. The summed E-state index contributed by atoms with van der Waals surface area (Å²) in [5.41, 5.74) is 2.61. The van der Waals surface area contributed by atoms with Gasteiger partial charge in [0, 0.05) is 36.8 Å². The summed E-state index contributed by atoms with van der Waals surface area (Å²) < 4.78 is 3.59. The number of hydrogen-bond donors (Lipinski definition) is 0. The monoisotopic (exact) mass is 315 g/mol. The van der Waals surface area contributed by atoms with E-state index in [2.05, 4.69) is 25.1 Å². The number of rotatable bonds is 3. The number of aromatic nitrogens is 7. The third-order valence-electron chi connectivity index (χ3n) is 3.99. The highest BCUT2D eigenvalue weighted by molar-refractivity contribution is 5.90. The lowest BCUT2D eigenvalue weighted by Gasteiger charge is -1.96. The standard InChI is InChI=1S/C17H13N7/c1-2-10-23-16(5-1)19-14(21-23)6-7-15-20-17-12-4-3-9-18-13(12)8-11-24(17)22-15/h1-5,8-11H,6-7H2. The van der Waals surface area contributed by atoms with E-state index in [1.807, 2.05) is 48.8 Å². The molecule has 0 N–H and O–H groups in total. The first kappa shape index (κ1) is 13.1. The Bertz CT molecular complexity index is 1140. The Labute approximate surface area is 136 Å². The highest BCUT2D eigenvalue weighted by Crippen LogP contribution is 2.16. The minimum atomic E-state index is 0.695. The van der Waals surface area contributed by atoms with Crippen molar-refractivity contribution in [1.29, 1.82) is 0 Å². The molecule has 0 radical (unpaired) electrons. The molecule has 0 aliphatic heterocycles. The van der Waals surface area contributed by atoms with Crippen LogP contribution in [0.15, 0.2) is 55.0 Å². The van der Waals surface area contributed by atoms with Crippen LogP contribution >= 0.6 is 0 Å².